The Morgan fingerprint density at radius 1 is 1.19 bits per heavy atom. The van der Waals surface area contributed by atoms with Gasteiger partial charge in [-0.2, -0.15) is 10.5 Å². The van der Waals surface area contributed by atoms with Crippen LogP contribution in [0.25, 0.3) is 11.1 Å². The molecule has 0 radical (unpaired) electrons. The first-order valence-corrected chi connectivity index (χ1v) is 11.7. The van der Waals surface area contributed by atoms with Crippen LogP contribution < -0.4 is 5.32 Å². The second kappa shape index (κ2) is 11.7. The van der Waals surface area contributed by atoms with Crippen LogP contribution in [0.3, 0.4) is 0 Å². The minimum Gasteiger partial charge on any atom is -0.444 e. The minimum absolute atomic E-state index is 0.00740. The van der Waals surface area contributed by atoms with Crippen LogP contribution in [0.1, 0.15) is 38.3 Å². The Morgan fingerprint density at radius 2 is 1.89 bits per heavy atom. The van der Waals surface area contributed by atoms with Gasteiger partial charge in [-0.05, 0) is 62.1 Å². The zero-order valence-electron chi connectivity index (χ0n) is 20.6. The molecule has 188 valence electrons. The number of halogens is 1. The molecule has 9 heteroatoms. The highest BCUT2D eigenvalue weighted by atomic mass is 19.1. The van der Waals surface area contributed by atoms with E-state index >= 15 is 0 Å². The Morgan fingerprint density at radius 3 is 2.50 bits per heavy atom. The van der Waals surface area contributed by atoms with Crippen LogP contribution in [0.4, 0.5) is 9.18 Å². The molecule has 0 aromatic heterocycles. The van der Waals surface area contributed by atoms with Crippen molar-refractivity contribution >= 4 is 12.0 Å². The first-order chi connectivity index (χ1) is 17.1. The minimum atomic E-state index is -0.991. The molecule has 1 aliphatic heterocycles. The molecule has 1 heterocycles. The Hall–Kier alpha value is -3.95. The van der Waals surface area contributed by atoms with E-state index in [0.717, 1.165) is 5.56 Å². The molecule has 3 rings (SSSR count). The Bertz CT molecular complexity index is 1180. The molecule has 0 aliphatic carbocycles. The topological polar surface area (TPSA) is 115 Å². The molecule has 0 unspecified atom stereocenters. The van der Waals surface area contributed by atoms with E-state index in [-0.39, 0.29) is 25.1 Å². The molecule has 36 heavy (non-hydrogen) atoms. The van der Waals surface area contributed by atoms with Crippen LogP contribution in [-0.4, -0.2) is 54.3 Å². The Balaban J connectivity index is 1.64. The lowest BCUT2D eigenvalue weighted by Crippen LogP contribution is -2.48. The highest BCUT2D eigenvalue weighted by Gasteiger charge is 2.31. The zero-order chi connectivity index (χ0) is 26.3. The number of nitriles is 2. The maximum Gasteiger partial charge on any atom is 0.410 e. The van der Waals surface area contributed by atoms with Crippen molar-refractivity contribution in [1.29, 1.82) is 10.5 Å². The molecule has 0 bridgehead atoms. The standard InChI is InChI=1S/C27H29FN4O4/c1-27(2,3)36-26(34)32-11-4-12-35-24(17-32)25(33)31-22(16-30)13-21-10-9-20(14-23(21)28)19-7-5-18(15-29)6-8-19/h5-10,14,22,24H,4,11-13,17H2,1-3H3,(H,31,33)/t22-,24-/m0/s1. The SMILES string of the molecule is CC(C)(C)OC(=O)N1CCCO[C@H](C(=O)N[C@H](C#N)Cc2ccc(-c3ccc(C#N)cc3)cc2F)C1. The quantitative estimate of drug-likeness (QED) is 0.676. The van der Waals surface area contributed by atoms with Crippen molar-refractivity contribution in [3.8, 4) is 23.3 Å². The van der Waals surface area contributed by atoms with Gasteiger partial charge in [0.05, 0.1) is 24.2 Å². The van der Waals surface area contributed by atoms with Crippen LogP contribution in [0.15, 0.2) is 42.5 Å². The van der Waals surface area contributed by atoms with E-state index in [1.54, 1.807) is 57.2 Å². The van der Waals surface area contributed by atoms with Crippen LogP contribution in [-0.2, 0) is 20.7 Å². The fourth-order valence-corrected chi connectivity index (χ4v) is 3.72. The highest BCUT2D eigenvalue weighted by molar-refractivity contribution is 5.82. The number of amides is 2. The number of nitrogens with one attached hydrogen (secondary N) is 1. The summed E-state index contributed by atoms with van der Waals surface area (Å²) in [4.78, 5) is 26.7. The van der Waals surface area contributed by atoms with Crippen molar-refractivity contribution in [2.24, 2.45) is 0 Å². The summed E-state index contributed by atoms with van der Waals surface area (Å²) in [6, 6.07) is 14.5. The molecule has 2 aromatic carbocycles. The average molecular weight is 493 g/mol. The summed E-state index contributed by atoms with van der Waals surface area (Å²) in [6.45, 7) is 5.94. The monoisotopic (exact) mass is 492 g/mol. The van der Waals surface area contributed by atoms with E-state index in [9.17, 15) is 19.2 Å². The van der Waals surface area contributed by atoms with Gasteiger partial charge in [0.25, 0.3) is 5.91 Å². The molecule has 2 aromatic rings. The molecular weight excluding hydrogens is 463 g/mol. The number of nitrogens with zero attached hydrogens (tertiary/aromatic N) is 3. The molecule has 1 aliphatic rings. The highest BCUT2D eigenvalue weighted by Crippen LogP contribution is 2.23. The maximum absolute atomic E-state index is 14.8. The third kappa shape index (κ3) is 7.27. The van der Waals surface area contributed by atoms with E-state index in [1.807, 2.05) is 12.1 Å². The molecule has 0 spiro atoms. The maximum atomic E-state index is 14.8. The smallest absolute Gasteiger partial charge is 0.410 e. The largest absolute Gasteiger partial charge is 0.444 e. The van der Waals surface area contributed by atoms with E-state index in [0.29, 0.717) is 24.1 Å². The summed E-state index contributed by atoms with van der Waals surface area (Å²) in [5, 5.41) is 21.1. The van der Waals surface area contributed by atoms with E-state index in [4.69, 9.17) is 14.7 Å². The molecule has 2 atom stereocenters. The number of hydrogen-bond donors (Lipinski definition) is 1. The van der Waals surface area contributed by atoms with Gasteiger partial charge in [0.2, 0.25) is 0 Å². The van der Waals surface area contributed by atoms with Crippen LogP contribution in [0.2, 0.25) is 0 Å². The molecule has 1 N–H and O–H groups in total. The van der Waals surface area contributed by atoms with Crippen molar-refractivity contribution in [2.75, 3.05) is 19.7 Å². The molecule has 1 saturated heterocycles. The normalized spacial score (nSPS) is 16.7. The van der Waals surface area contributed by atoms with Crippen molar-refractivity contribution < 1.29 is 23.5 Å². The fourth-order valence-electron chi connectivity index (χ4n) is 3.72. The van der Waals surface area contributed by atoms with Gasteiger partial charge in [-0.15, -0.1) is 0 Å². The molecule has 1 fully saturated rings. The fraction of sp³-hybridized carbons (Fsp3) is 0.407. The lowest BCUT2D eigenvalue weighted by Gasteiger charge is -2.27. The van der Waals surface area contributed by atoms with Gasteiger partial charge in [-0.1, -0.05) is 24.3 Å². The second-order valence-electron chi connectivity index (χ2n) is 9.53. The second-order valence-corrected chi connectivity index (χ2v) is 9.53. The van der Waals surface area contributed by atoms with Gasteiger partial charge in [-0.3, -0.25) is 4.79 Å². The Kier molecular flexibility index (Phi) is 8.63. The van der Waals surface area contributed by atoms with Gasteiger partial charge >= 0.3 is 6.09 Å². The van der Waals surface area contributed by atoms with Gasteiger partial charge in [0.15, 0.2) is 6.10 Å². The predicted octanol–water partition coefficient (Wildman–Crippen LogP) is 3.94. The molecule has 0 saturated carbocycles. The first-order valence-electron chi connectivity index (χ1n) is 11.7. The lowest BCUT2D eigenvalue weighted by atomic mass is 9.99. The summed E-state index contributed by atoms with van der Waals surface area (Å²) >= 11 is 0. The van der Waals surface area contributed by atoms with E-state index in [1.165, 1.54) is 11.0 Å². The molecule has 2 amide bonds. The summed E-state index contributed by atoms with van der Waals surface area (Å²) in [6.07, 6.45) is -1.00. The molecule has 8 nitrogen and oxygen atoms in total. The van der Waals surface area contributed by atoms with Crippen LogP contribution >= 0.6 is 0 Å². The summed E-state index contributed by atoms with van der Waals surface area (Å²) in [7, 11) is 0. The van der Waals surface area contributed by atoms with Gasteiger partial charge in [-0.25, -0.2) is 9.18 Å². The average Bonchev–Trinajstić information content (AvgIpc) is 3.10. The van der Waals surface area contributed by atoms with Crippen LogP contribution in [0, 0.1) is 28.5 Å². The van der Waals surface area contributed by atoms with Crippen LogP contribution in [0.5, 0.6) is 0 Å². The van der Waals surface area contributed by atoms with Gasteiger partial charge in [0.1, 0.15) is 17.5 Å². The van der Waals surface area contributed by atoms with Crippen molar-refractivity contribution in [3.05, 3.63) is 59.4 Å². The van der Waals surface area contributed by atoms with E-state index in [2.05, 4.69) is 5.32 Å². The summed E-state index contributed by atoms with van der Waals surface area (Å²) in [5.74, 6) is -1.06. The number of rotatable bonds is 5. The number of ether oxygens (including phenoxy) is 2. The van der Waals surface area contributed by atoms with Gasteiger partial charge < -0.3 is 19.7 Å². The number of benzene rings is 2. The number of carbonyl (C=O) groups excluding carboxylic acids is 2. The van der Waals surface area contributed by atoms with Crippen molar-refractivity contribution in [2.45, 2.75) is 51.4 Å². The summed E-state index contributed by atoms with van der Waals surface area (Å²) < 4.78 is 25.9. The van der Waals surface area contributed by atoms with E-state index < -0.39 is 35.6 Å². The van der Waals surface area contributed by atoms with Crippen molar-refractivity contribution in [1.82, 2.24) is 10.2 Å². The third-order valence-corrected chi connectivity index (χ3v) is 5.52. The number of carbonyl (C=O) groups is 2. The van der Waals surface area contributed by atoms with Gasteiger partial charge in [0, 0.05) is 19.6 Å². The zero-order valence-corrected chi connectivity index (χ0v) is 20.6. The summed E-state index contributed by atoms with van der Waals surface area (Å²) in [5.41, 5.74) is 1.50. The molecular formula is C27H29FN4O4. The Labute approximate surface area is 210 Å². The third-order valence-electron chi connectivity index (χ3n) is 5.52. The first kappa shape index (κ1) is 26.7. The number of hydrogen-bond acceptors (Lipinski definition) is 6. The van der Waals surface area contributed by atoms with Crippen molar-refractivity contribution in [3.63, 3.8) is 0 Å². The predicted molar refractivity (Wildman–Crippen MR) is 130 cm³/mol. The lowest BCUT2D eigenvalue weighted by molar-refractivity contribution is -0.133.